The molecular weight excluding hydrogens is 288 g/mol. The molecule has 0 unspecified atom stereocenters. The molecule has 0 saturated heterocycles. The highest BCUT2D eigenvalue weighted by molar-refractivity contribution is 6.20. The number of rotatable bonds is 5. The molecule has 0 saturated carbocycles. The Kier molecular flexibility index (Phi) is 4.55. The standard InChI is InChI=1S/C15H16N2O5/c1-10(18)16(2)9-5-8-13(19)22-17-14(20)11-6-3-4-7-12(11)15(17)21/h3-4,6-7H,5,8-9H2,1-2H3. The van der Waals surface area contributed by atoms with E-state index >= 15 is 0 Å². The van der Waals surface area contributed by atoms with Gasteiger partial charge in [-0.05, 0) is 18.6 Å². The van der Waals surface area contributed by atoms with Crippen LogP contribution in [0, 0.1) is 0 Å². The largest absolute Gasteiger partial charge is 0.346 e. The maximum absolute atomic E-state index is 12.0. The minimum Gasteiger partial charge on any atom is -0.346 e. The fraction of sp³-hybridized carbons (Fsp3) is 0.333. The van der Waals surface area contributed by atoms with E-state index in [2.05, 4.69) is 0 Å². The molecule has 2 rings (SSSR count). The molecule has 0 aliphatic carbocycles. The lowest BCUT2D eigenvalue weighted by Gasteiger charge is -2.15. The van der Waals surface area contributed by atoms with E-state index in [4.69, 9.17) is 4.84 Å². The molecule has 1 aromatic carbocycles. The molecule has 1 aromatic rings. The van der Waals surface area contributed by atoms with E-state index in [0.717, 1.165) is 0 Å². The molecule has 0 radical (unpaired) electrons. The van der Waals surface area contributed by atoms with Gasteiger partial charge in [-0.3, -0.25) is 14.4 Å². The fourth-order valence-electron chi connectivity index (χ4n) is 2.02. The Balaban J connectivity index is 1.90. The summed E-state index contributed by atoms with van der Waals surface area (Å²) in [5, 5.41) is 0.488. The van der Waals surface area contributed by atoms with Crippen LogP contribution in [-0.2, 0) is 14.4 Å². The Hall–Kier alpha value is -2.70. The SMILES string of the molecule is CC(=O)N(C)CCCC(=O)ON1C(=O)c2ccccc2C1=O. The van der Waals surface area contributed by atoms with Gasteiger partial charge in [0.2, 0.25) is 5.91 Å². The Bertz CT molecular complexity index is 606. The highest BCUT2D eigenvalue weighted by atomic mass is 16.7. The first-order chi connectivity index (χ1) is 10.4. The van der Waals surface area contributed by atoms with Gasteiger partial charge in [-0.1, -0.05) is 17.2 Å². The number of nitrogens with zero attached hydrogens (tertiary/aromatic N) is 2. The van der Waals surface area contributed by atoms with Crippen molar-refractivity contribution >= 4 is 23.7 Å². The van der Waals surface area contributed by atoms with E-state index in [1.807, 2.05) is 0 Å². The van der Waals surface area contributed by atoms with Gasteiger partial charge in [0.05, 0.1) is 11.1 Å². The average molecular weight is 304 g/mol. The Morgan fingerprint density at radius 3 is 2.18 bits per heavy atom. The van der Waals surface area contributed by atoms with Crippen LogP contribution >= 0.6 is 0 Å². The second-order valence-electron chi connectivity index (χ2n) is 4.96. The molecule has 1 aliphatic rings. The lowest BCUT2D eigenvalue weighted by molar-refractivity contribution is -0.168. The summed E-state index contributed by atoms with van der Waals surface area (Å²) < 4.78 is 0. The first kappa shape index (κ1) is 15.7. The van der Waals surface area contributed by atoms with Crippen molar-refractivity contribution in [3.8, 4) is 0 Å². The van der Waals surface area contributed by atoms with Crippen molar-refractivity contribution in [2.24, 2.45) is 0 Å². The van der Waals surface area contributed by atoms with Crippen molar-refractivity contribution in [1.29, 1.82) is 0 Å². The predicted molar refractivity (Wildman–Crippen MR) is 75.6 cm³/mol. The van der Waals surface area contributed by atoms with E-state index in [9.17, 15) is 19.2 Å². The summed E-state index contributed by atoms with van der Waals surface area (Å²) in [4.78, 5) is 53.0. The van der Waals surface area contributed by atoms with E-state index < -0.39 is 17.8 Å². The van der Waals surface area contributed by atoms with Crippen LogP contribution in [0.25, 0.3) is 0 Å². The number of amides is 3. The molecule has 7 nitrogen and oxygen atoms in total. The van der Waals surface area contributed by atoms with Gasteiger partial charge in [-0.15, -0.1) is 0 Å². The summed E-state index contributed by atoms with van der Waals surface area (Å²) in [7, 11) is 1.62. The van der Waals surface area contributed by atoms with E-state index in [-0.39, 0.29) is 23.5 Å². The average Bonchev–Trinajstić information content (AvgIpc) is 2.72. The third kappa shape index (κ3) is 3.13. The van der Waals surface area contributed by atoms with Crippen molar-refractivity contribution in [1.82, 2.24) is 9.96 Å². The minimum absolute atomic E-state index is 0.00499. The molecule has 1 aliphatic heterocycles. The van der Waals surface area contributed by atoms with Crippen LogP contribution in [0.5, 0.6) is 0 Å². The minimum atomic E-state index is -0.688. The Morgan fingerprint density at radius 2 is 1.68 bits per heavy atom. The molecule has 0 fully saturated rings. The van der Waals surface area contributed by atoms with Gasteiger partial charge in [0, 0.05) is 26.9 Å². The van der Waals surface area contributed by atoms with Crippen molar-refractivity contribution in [3.63, 3.8) is 0 Å². The van der Waals surface area contributed by atoms with E-state index in [1.165, 1.54) is 24.0 Å². The monoisotopic (exact) mass is 304 g/mol. The van der Waals surface area contributed by atoms with Crippen LogP contribution in [-0.4, -0.2) is 47.2 Å². The summed E-state index contributed by atoms with van der Waals surface area (Å²) in [5.41, 5.74) is 0.438. The summed E-state index contributed by atoms with van der Waals surface area (Å²) in [6.45, 7) is 1.82. The molecule has 0 spiro atoms. The summed E-state index contributed by atoms with van der Waals surface area (Å²) in [6, 6.07) is 6.27. The highest BCUT2D eigenvalue weighted by Crippen LogP contribution is 2.22. The maximum atomic E-state index is 12.0. The van der Waals surface area contributed by atoms with Crippen LogP contribution in [0.1, 0.15) is 40.5 Å². The molecule has 0 aromatic heterocycles. The van der Waals surface area contributed by atoms with Gasteiger partial charge in [-0.2, -0.15) is 0 Å². The molecule has 1 heterocycles. The number of benzene rings is 1. The second-order valence-corrected chi connectivity index (χ2v) is 4.96. The normalized spacial score (nSPS) is 13.1. The molecule has 0 N–H and O–H groups in total. The first-order valence-electron chi connectivity index (χ1n) is 6.82. The molecule has 116 valence electrons. The van der Waals surface area contributed by atoms with Gasteiger partial charge < -0.3 is 9.74 Å². The lowest BCUT2D eigenvalue weighted by atomic mass is 10.1. The van der Waals surface area contributed by atoms with Gasteiger partial charge in [0.1, 0.15) is 0 Å². The van der Waals surface area contributed by atoms with Crippen LogP contribution in [0.4, 0.5) is 0 Å². The number of hydrogen-bond acceptors (Lipinski definition) is 5. The number of carbonyl (C=O) groups excluding carboxylic acids is 4. The van der Waals surface area contributed by atoms with Gasteiger partial charge in [0.25, 0.3) is 11.8 Å². The summed E-state index contributed by atoms with van der Waals surface area (Å²) in [5.74, 6) is -2.08. The first-order valence-corrected chi connectivity index (χ1v) is 6.82. The summed E-state index contributed by atoms with van der Waals surface area (Å²) in [6.07, 6.45) is 0.392. The van der Waals surface area contributed by atoms with Crippen molar-refractivity contribution in [3.05, 3.63) is 35.4 Å². The molecular formula is C15H16N2O5. The molecule has 22 heavy (non-hydrogen) atoms. The fourth-order valence-corrected chi connectivity index (χ4v) is 2.02. The van der Waals surface area contributed by atoms with Crippen LogP contribution in [0.2, 0.25) is 0 Å². The van der Waals surface area contributed by atoms with Crippen molar-refractivity contribution < 1.29 is 24.0 Å². The molecule has 0 atom stereocenters. The zero-order valence-electron chi connectivity index (χ0n) is 12.4. The maximum Gasteiger partial charge on any atom is 0.333 e. The van der Waals surface area contributed by atoms with E-state index in [0.29, 0.717) is 18.0 Å². The second kappa shape index (κ2) is 6.38. The Labute approximate surface area is 127 Å². The number of fused-ring (bicyclic) bond motifs is 1. The number of hydroxylamine groups is 2. The molecule has 7 heteroatoms. The quantitative estimate of drug-likeness (QED) is 0.758. The number of imide groups is 1. The topological polar surface area (TPSA) is 84.0 Å². The zero-order valence-corrected chi connectivity index (χ0v) is 12.4. The van der Waals surface area contributed by atoms with Crippen molar-refractivity contribution in [2.75, 3.05) is 13.6 Å². The van der Waals surface area contributed by atoms with Gasteiger partial charge in [0.15, 0.2) is 0 Å². The van der Waals surface area contributed by atoms with E-state index in [1.54, 1.807) is 19.2 Å². The molecule has 3 amide bonds. The third-order valence-corrected chi connectivity index (χ3v) is 3.36. The van der Waals surface area contributed by atoms with Crippen LogP contribution in [0.3, 0.4) is 0 Å². The number of hydrogen-bond donors (Lipinski definition) is 0. The third-order valence-electron chi connectivity index (χ3n) is 3.36. The highest BCUT2D eigenvalue weighted by Gasteiger charge is 2.38. The smallest absolute Gasteiger partial charge is 0.333 e. The van der Waals surface area contributed by atoms with Crippen LogP contribution < -0.4 is 0 Å². The van der Waals surface area contributed by atoms with Crippen LogP contribution in [0.15, 0.2) is 24.3 Å². The lowest BCUT2D eigenvalue weighted by Crippen LogP contribution is -2.33. The van der Waals surface area contributed by atoms with Gasteiger partial charge in [-0.25, -0.2) is 4.79 Å². The Morgan fingerprint density at radius 1 is 1.14 bits per heavy atom. The summed E-state index contributed by atoms with van der Waals surface area (Å²) >= 11 is 0. The van der Waals surface area contributed by atoms with Gasteiger partial charge >= 0.3 is 5.97 Å². The molecule has 0 bridgehead atoms. The predicted octanol–water partition coefficient (Wildman–Crippen LogP) is 0.999. The number of carbonyl (C=O) groups is 4. The van der Waals surface area contributed by atoms with Crippen molar-refractivity contribution in [2.45, 2.75) is 19.8 Å². The zero-order chi connectivity index (χ0) is 16.3.